The van der Waals surface area contributed by atoms with Crippen molar-refractivity contribution in [2.24, 2.45) is 0 Å². The molecule has 0 aromatic heterocycles. The van der Waals surface area contributed by atoms with Gasteiger partial charge in [-0.25, -0.2) is 0 Å². The quantitative estimate of drug-likeness (QED) is 0.382. The van der Waals surface area contributed by atoms with Gasteiger partial charge in [0, 0.05) is 18.3 Å². The second-order valence-electron chi connectivity index (χ2n) is 0.500. The molecule has 0 rings (SSSR count). The fraction of sp³-hybridized carbons (Fsp3) is 0. The molecule has 0 spiro atoms. The fourth-order valence-electron chi connectivity index (χ4n) is 0. The van der Waals surface area contributed by atoms with E-state index in [2.05, 4.69) is 0 Å². The monoisotopic (exact) mass is 232 g/mol. The Bertz CT molecular complexity index is 73.7. The molecule has 0 heterocycles. The Kier molecular flexibility index (Phi) is 36.5. The molecule has 0 aliphatic carbocycles. The summed E-state index contributed by atoms with van der Waals surface area (Å²) in [6, 6.07) is 0. The average Bonchev–Trinajstić information content (AvgIpc) is 1.25. The summed E-state index contributed by atoms with van der Waals surface area (Å²) in [6.45, 7) is 0. The SMILES string of the molecule is O=[Si]([O-])[O-].O=[Si]([O-])[O-].[Fe+3].[Mg+2]. The number of hydrogen-bond donors (Lipinski definition) is 0. The van der Waals surface area contributed by atoms with Gasteiger partial charge in [-0.15, -0.1) is 0 Å². The standard InChI is InChI=1S/Fe.Mg.2O3Si/c;;2*1-4(2)3/q+3;+2;2*-2. The molecule has 1 radical (unpaired) electrons. The van der Waals surface area contributed by atoms with Gasteiger partial charge in [-0.3, -0.25) is 0 Å². The van der Waals surface area contributed by atoms with Crippen LogP contribution < -0.4 is 19.2 Å². The molecule has 10 heteroatoms. The minimum absolute atomic E-state index is 0. The van der Waals surface area contributed by atoms with Crippen LogP contribution in [-0.2, 0) is 26.0 Å². The molecule has 6 nitrogen and oxygen atoms in total. The molecule has 0 bridgehead atoms. The topological polar surface area (TPSA) is 126 Å². The maximum absolute atomic E-state index is 8.52. The summed E-state index contributed by atoms with van der Waals surface area (Å²) in [7, 11) is -7.26. The van der Waals surface area contributed by atoms with Crippen molar-refractivity contribution in [1.29, 1.82) is 0 Å². The van der Waals surface area contributed by atoms with E-state index in [0.29, 0.717) is 0 Å². The maximum atomic E-state index is 8.52. The Morgan fingerprint density at radius 1 is 0.800 bits per heavy atom. The van der Waals surface area contributed by atoms with Crippen LogP contribution in [0, 0.1) is 0 Å². The summed E-state index contributed by atoms with van der Waals surface area (Å²) in [5, 5.41) is 0. The van der Waals surface area contributed by atoms with Crippen molar-refractivity contribution in [3.8, 4) is 0 Å². The Morgan fingerprint density at radius 2 is 0.800 bits per heavy atom. The van der Waals surface area contributed by atoms with E-state index in [1.165, 1.54) is 0 Å². The second-order valence-corrected chi connectivity index (χ2v) is 1.50. The third kappa shape index (κ3) is 1790. The van der Waals surface area contributed by atoms with Gasteiger partial charge in [-0.1, -0.05) is 0 Å². The zero-order chi connectivity index (χ0) is 7.15. The van der Waals surface area contributed by atoms with Crippen molar-refractivity contribution in [2.45, 2.75) is 0 Å². The molecule has 0 amide bonds. The molecule has 53 valence electrons. The molecule has 0 fully saturated rings. The zero-order valence-corrected chi connectivity index (χ0v) is 9.03. The maximum Gasteiger partial charge on any atom is 3.00 e. The van der Waals surface area contributed by atoms with E-state index in [1.54, 1.807) is 0 Å². The Balaban J connectivity index is -0.0000000300. The Hall–Kier alpha value is 0.519. The van der Waals surface area contributed by atoms with E-state index < -0.39 is 18.3 Å². The first-order chi connectivity index (χ1) is 3.46. The minimum Gasteiger partial charge on any atom is -0.672 e. The number of rotatable bonds is 0. The van der Waals surface area contributed by atoms with Crippen LogP contribution in [0.1, 0.15) is 0 Å². The van der Waals surface area contributed by atoms with Crippen molar-refractivity contribution in [3.63, 3.8) is 0 Å². The van der Waals surface area contributed by atoms with Crippen LogP contribution in [0.5, 0.6) is 0 Å². The van der Waals surface area contributed by atoms with Gasteiger partial charge in [0.15, 0.2) is 0 Å². The molecule has 0 aliphatic heterocycles. The van der Waals surface area contributed by atoms with E-state index in [-0.39, 0.29) is 40.1 Å². The van der Waals surface area contributed by atoms with E-state index >= 15 is 0 Å². The largest absolute Gasteiger partial charge is 3.00 e. The summed E-state index contributed by atoms with van der Waals surface area (Å²) in [5.41, 5.74) is 0. The van der Waals surface area contributed by atoms with Crippen molar-refractivity contribution in [2.75, 3.05) is 0 Å². The van der Waals surface area contributed by atoms with Gasteiger partial charge in [0.25, 0.3) is 0 Å². The molecule has 0 aliphatic rings. The predicted octanol–water partition coefficient (Wildman–Crippen LogP) is -6.14. The van der Waals surface area contributed by atoms with Crippen LogP contribution in [-0.4, -0.2) is 41.4 Å². The van der Waals surface area contributed by atoms with Gasteiger partial charge in [0.2, 0.25) is 0 Å². The molecule has 0 aromatic carbocycles. The van der Waals surface area contributed by atoms with Gasteiger partial charge in [-0.05, 0) is 0 Å². The van der Waals surface area contributed by atoms with Crippen LogP contribution in [0.15, 0.2) is 0 Å². The normalized spacial score (nSPS) is 4.80. The van der Waals surface area contributed by atoms with Gasteiger partial charge in [0.1, 0.15) is 0 Å². The van der Waals surface area contributed by atoms with Crippen LogP contribution >= 0.6 is 0 Å². The summed E-state index contributed by atoms with van der Waals surface area (Å²) in [5.74, 6) is 0. The van der Waals surface area contributed by atoms with Crippen LogP contribution in [0.4, 0.5) is 0 Å². The van der Waals surface area contributed by atoms with Crippen molar-refractivity contribution in [3.05, 3.63) is 0 Å². The minimum atomic E-state index is -3.63. The van der Waals surface area contributed by atoms with Gasteiger partial charge in [-0.2, -0.15) is 0 Å². The van der Waals surface area contributed by atoms with Crippen molar-refractivity contribution < 1.29 is 45.2 Å². The van der Waals surface area contributed by atoms with Crippen LogP contribution in [0.2, 0.25) is 0 Å². The number of hydrogen-bond acceptors (Lipinski definition) is 6. The smallest absolute Gasteiger partial charge is 0.672 e. The zero-order valence-electron chi connectivity index (χ0n) is 4.51. The van der Waals surface area contributed by atoms with Crippen LogP contribution in [0.3, 0.4) is 0 Å². The third-order valence-electron chi connectivity index (χ3n) is 0. The average molecular weight is 232 g/mol. The molecular formula is FeMgO6Si2+. The molecule has 0 N–H and O–H groups in total. The summed E-state index contributed by atoms with van der Waals surface area (Å²) in [6.07, 6.45) is 0. The first-order valence-electron chi connectivity index (χ1n) is 1.22. The second kappa shape index (κ2) is 16.3. The van der Waals surface area contributed by atoms with E-state index in [9.17, 15) is 0 Å². The molecular weight excluding hydrogens is 232 g/mol. The molecule has 0 saturated carbocycles. The summed E-state index contributed by atoms with van der Waals surface area (Å²) in [4.78, 5) is 34.1. The molecule has 0 unspecified atom stereocenters. The van der Waals surface area contributed by atoms with Gasteiger partial charge >= 0.3 is 40.1 Å². The summed E-state index contributed by atoms with van der Waals surface area (Å²) >= 11 is 0. The summed E-state index contributed by atoms with van der Waals surface area (Å²) < 4.78 is 17.0. The van der Waals surface area contributed by atoms with Crippen molar-refractivity contribution in [1.82, 2.24) is 0 Å². The Morgan fingerprint density at radius 3 is 0.800 bits per heavy atom. The third-order valence-corrected chi connectivity index (χ3v) is 0. The molecule has 0 saturated heterocycles. The van der Waals surface area contributed by atoms with E-state index in [1.807, 2.05) is 0 Å². The van der Waals surface area contributed by atoms with Gasteiger partial charge in [0.05, 0.1) is 0 Å². The first kappa shape index (κ1) is 22.4. The van der Waals surface area contributed by atoms with E-state index in [0.717, 1.165) is 0 Å². The first-order valence-corrected chi connectivity index (χ1v) is 3.67. The predicted molar refractivity (Wildman–Crippen MR) is 18.6 cm³/mol. The van der Waals surface area contributed by atoms with Crippen LogP contribution in [0.25, 0.3) is 0 Å². The molecule has 0 atom stereocenters. The fourth-order valence-corrected chi connectivity index (χ4v) is 0. The Labute approximate surface area is 86.3 Å². The van der Waals surface area contributed by atoms with Gasteiger partial charge < -0.3 is 28.1 Å². The molecule has 0 aromatic rings. The van der Waals surface area contributed by atoms with E-state index in [4.69, 9.17) is 28.1 Å². The van der Waals surface area contributed by atoms with Crippen molar-refractivity contribution >= 4 is 41.4 Å². The molecule has 10 heavy (non-hydrogen) atoms.